The van der Waals surface area contributed by atoms with Crippen LogP contribution in [0.2, 0.25) is 0 Å². The Morgan fingerprint density at radius 1 is 1.33 bits per heavy atom. The van der Waals surface area contributed by atoms with E-state index in [0.29, 0.717) is 44.3 Å². The molecule has 0 aliphatic carbocycles. The van der Waals surface area contributed by atoms with Crippen LogP contribution in [0.15, 0.2) is 28.8 Å². The lowest BCUT2D eigenvalue weighted by Gasteiger charge is -2.33. The number of amides is 1. The van der Waals surface area contributed by atoms with Gasteiger partial charge in [0.1, 0.15) is 0 Å². The number of morpholine rings is 1. The molecule has 2 aromatic rings. The van der Waals surface area contributed by atoms with E-state index in [2.05, 4.69) is 29.2 Å². The third-order valence-corrected chi connectivity index (χ3v) is 4.33. The fraction of sp³-hybridized carbons (Fsp3) is 0.500. The third kappa shape index (κ3) is 3.82. The number of rotatable bonds is 5. The van der Waals surface area contributed by atoms with Crippen molar-refractivity contribution < 1.29 is 14.1 Å². The molecule has 0 bridgehead atoms. The minimum atomic E-state index is 0.109. The van der Waals surface area contributed by atoms with Crippen LogP contribution in [0.3, 0.4) is 0 Å². The van der Waals surface area contributed by atoms with Crippen LogP contribution >= 0.6 is 0 Å². The van der Waals surface area contributed by atoms with Gasteiger partial charge in [0.05, 0.1) is 19.3 Å². The van der Waals surface area contributed by atoms with E-state index in [9.17, 15) is 4.79 Å². The van der Waals surface area contributed by atoms with Gasteiger partial charge in [0.25, 0.3) is 0 Å². The number of hydrogen-bond acceptors (Lipinski definition) is 5. The van der Waals surface area contributed by atoms with Crippen molar-refractivity contribution >= 4 is 5.91 Å². The van der Waals surface area contributed by atoms with Crippen molar-refractivity contribution in [2.24, 2.45) is 0 Å². The van der Waals surface area contributed by atoms with E-state index in [-0.39, 0.29) is 11.9 Å². The topological polar surface area (TPSA) is 68.5 Å². The van der Waals surface area contributed by atoms with E-state index in [1.165, 1.54) is 5.56 Å². The highest BCUT2D eigenvalue weighted by atomic mass is 16.5. The fourth-order valence-corrected chi connectivity index (χ4v) is 2.82. The molecule has 1 aromatic carbocycles. The summed E-state index contributed by atoms with van der Waals surface area (Å²) in [5.41, 5.74) is 2.20. The molecule has 24 heavy (non-hydrogen) atoms. The van der Waals surface area contributed by atoms with Crippen molar-refractivity contribution in [3.05, 3.63) is 35.7 Å². The van der Waals surface area contributed by atoms with Crippen LogP contribution in [0.25, 0.3) is 11.4 Å². The van der Waals surface area contributed by atoms with Crippen LogP contribution in [0.4, 0.5) is 0 Å². The van der Waals surface area contributed by atoms with Gasteiger partial charge >= 0.3 is 0 Å². The predicted molar refractivity (Wildman–Crippen MR) is 89.4 cm³/mol. The van der Waals surface area contributed by atoms with E-state index in [1.54, 1.807) is 0 Å². The Morgan fingerprint density at radius 3 is 2.83 bits per heavy atom. The first-order valence-electron chi connectivity index (χ1n) is 8.46. The normalized spacial score (nSPS) is 17.9. The highest BCUT2D eigenvalue weighted by Gasteiger charge is 2.23. The summed E-state index contributed by atoms with van der Waals surface area (Å²) in [5.74, 6) is 1.18. The number of carbonyl (C=O) groups excluding carboxylic acids is 1. The standard InChI is InChI=1S/C18H23N3O3/c1-3-14-4-6-15(7-5-14)18-19-16(24-20-18)8-9-17(22)21-10-11-23-12-13(21)2/h4-7,13H,3,8-12H2,1-2H3. The van der Waals surface area contributed by atoms with E-state index < -0.39 is 0 Å². The van der Waals surface area contributed by atoms with Gasteiger partial charge in [0, 0.05) is 24.9 Å². The molecule has 1 amide bonds. The maximum atomic E-state index is 12.3. The lowest BCUT2D eigenvalue weighted by Crippen LogP contribution is -2.47. The van der Waals surface area contributed by atoms with Crippen LogP contribution in [0.5, 0.6) is 0 Å². The summed E-state index contributed by atoms with van der Waals surface area (Å²) in [4.78, 5) is 18.6. The van der Waals surface area contributed by atoms with Gasteiger partial charge in [-0.1, -0.05) is 36.3 Å². The second kappa shape index (κ2) is 7.57. The first kappa shape index (κ1) is 16.6. The molecule has 3 rings (SSSR count). The van der Waals surface area contributed by atoms with Crippen LogP contribution in [0.1, 0.15) is 31.7 Å². The van der Waals surface area contributed by atoms with Crippen molar-refractivity contribution in [2.45, 2.75) is 39.2 Å². The van der Waals surface area contributed by atoms with Gasteiger partial charge < -0.3 is 14.2 Å². The summed E-state index contributed by atoms with van der Waals surface area (Å²) in [6.07, 6.45) is 1.84. The molecule has 1 aromatic heterocycles. The lowest BCUT2D eigenvalue weighted by molar-refractivity contribution is -0.139. The Hall–Kier alpha value is -2.21. The molecule has 1 aliphatic rings. The van der Waals surface area contributed by atoms with Gasteiger partial charge in [-0.25, -0.2) is 0 Å². The van der Waals surface area contributed by atoms with Crippen LogP contribution < -0.4 is 0 Å². The van der Waals surface area contributed by atoms with E-state index in [4.69, 9.17) is 9.26 Å². The quantitative estimate of drug-likeness (QED) is 0.843. The first-order valence-corrected chi connectivity index (χ1v) is 8.46. The molecule has 1 aliphatic heterocycles. The van der Waals surface area contributed by atoms with Gasteiger partial charge in [0.2, 0.25) is 17.6 Å². The molecule has 0 radical (unpaired) electrons. The molecule has 1 unspecified atom stereocenters. The molecular formula is C18H23N3O3. The smallest absolute Gasteiger partial charge is 0.227 e. The Kier molecular flexibility index (Phi) is 5.25. The second-order valence-corrected chi connectivity index (χ2v) is 6.07. The number of carbonyl (C=O) groups is 1. The molecule has 0 spiro atoms. The molecule has 128 valence electrons. The third-order valence-electron chi connectivity index (χ3n) is 4.33. The first-order chi connectivity index (χ1) is 11.7. The highest BCUT2D eigenvalue weighted by molar-refractivity contribution is 5.76. The van der Waals surface area contributed by atoms with Gasteiger partial charge in [-0.05, 0) is 18.9 Å². The molecular weight excluding hydrogens is 306 g/mol. The summed E-state index contributed by atoms with van der Waals surface area (Å²) < 4.78 is 10.6. The van der Waals surface area contributed by atoms with Gasteiger partial charge in [-0.15, -0.1) is 0 Å². The fourth-order valence-electron chi connectivity index (χ4n) is 2.82. The zero-order valence-electron chi connectivity index (χ0n) is 14.2. The monoisotopic (exact) mass is 329 g/mol. The summed E-state index contributed by atoms with van der Waals surface area (Å²) in [7, 11) is 0. The summed E-state index contributed by atoms with van der Waals surface area (Å²) in [5, 5.41) is 4.02. The molecule has 6 heteroatoms. The summed E-state index contributed by atoms with van der Waals surface area (Å²) >= 11 is 0. The Labute approximate surface area is 141 Å². The Balaban J connectivity index is 1.58. The predicted octanol–water partition coefficient (Wildman–Crippen LogP) is 2.48. The SMILES string of the molecule is CCc1ccc(-c2noc(CCC(=O)N3CCOCC3C)n2)cc1. The Bertz CT molecular complexity index is 681. The second-order valence-electron chi connectivity index (χ2n) is 6.07. The van der Waals surface area contributed by atoms with Gasteiger partial charge in [-0.3, -0.25) is 4.79 Å². The van der Waals surface area contributed by atoms with Gasteiger partial charge in [0.15, 0.2) is 0 Å². The maximum absolute atomic E-state index is 12.3. The largest absolute Gasteiger partial charge is 0.377 e. The van der Waals surface area contributed by atoms with Gasteiger partial charge in [-0.2, -0.15) is 4.98 Å². The number of ether oxygens (including phenoxy) is 1. The van der Waals surface area contributed by atoms with Crippen LogP contribution in [-0.2, 0) is 22.4 Å². The molecule has 1 fully saturated rings. The molecule has 1 saturated heterocycles. The van der Waals surface area contributed by atoms with Crippen LogP contribution in [0, 0.1) is 0 Å². The highest BCUT2D eigenvalue weighted by Crippen LogP contribution is 2.18. The Morgan fingerprint density at radius 2 is 2.12 bits per heavy atom. The molecule has 2 heterocycles. The summed E-state index contributed by atoms with van der Waals surface area (Å²) in [6.45, 7) is 5.98. The average Bonchev–Trinajstić information content (AvgIpc) is 3.09. The molecule has 0 N–H and O–H groups in total. The minimum Gasteiger partial charge on any atom is -0.377 e. The van der Waals surface area contributed by atoms with Crippen molar-refractivity contribution in [3.8, 4) is 11.4 Å². The van der Waals surface area contributed by atoms with E-state index in [0.717, 1.165) is 12.0 Å². The number of aromatic nitrogens is 2. The zero-order chi connectivity index (χ0) is 16.9. The molecule has 0 saturated carbocycles. The summed E-state index contributed by atoms with van der Waals surface area (Å²) in [6, 6.07) is 8.24. The van der Waals surface area contributed by atoms with E-state index >= 15 is 0 Å². The van der Waals surface area contributed by atoms with Crippen LogP contribution in [-0.4, -0.2) is 46.7 Å². The minimum absolute atomic E-state index is 0.109. The lowest BCUT2D eigenvalue weighted by atomic mass is 10.1. The zero-order valence-corrected chi connectivity index (χ0v) is 14.2. The maximum Gasteiger partial charge on any atom is 0.227 e. The van der Waals surface area contributed by atoms with Crippen molar-refractivity contribution in [2.75, 3.05) is 19.8 Å². The van der Waals surface area contributed by atoms with Crippen molar-refractivity contribution in [1.29, 1.82) is 0 Å². The number of hydrogen-bond donors (Lipinski definition) is 0. The molecule has 6 nitrogen and oxygen atoms in total. The molecule has 1 atom stereocenters. The number of aryl methyl sites for hydroxylation is 2. The van der Waals surface area contributed by atoms with Crippen molar-refractivity contribution in [3.63, 3.8) is 0 Å². The average molecular weight is 329 g/mol. The van der Waals surface area contributed by atoms with Crippen molar-refractivity contribution in [1.82, 2.24) is 15.0 Å². The van der Waals surface area contributed by atoms with E-state index in [1.807, 2.05) is 24.0 Å². The number of nitrogens with zero attached hydrogens (tertiary/aromatic N) is 3. The number of benzene rings is 1.